The Bertz CT molecular complexity index is 472. The predicted octanol–water partition coefficient (Wildman–Crippen LogP) is 1.74. The Kier molecular flexibility index (Phi) is 4.10. The zero-order valence-corrected chi connectivity index (χ0v) is 12.0. The Hall–Kier alpha value is -1.55. The summed E-state index contributed by atoms with van der Waals surface area (Å²) in [6.07, 6.45) is 2.38. The highest BCUT2D eigenvalue weighted by Gasteiger charge is 2.24. The van der Waals surface area contributed by atoms with Gasteiger partial charge in [0.1, 0.15) is 0 Å². The number of likely N-dealkylation sites (N-methyl/N-ethyl adjacent to an activating group) is 2. The normalized spacial score (nSPS) is 19.6. The van der Waals surface area contributed by atoms with Crippen LogP contribution in [0.3, 0.4) is 0 Å². The first kappa shape index (κ1) is 13.9. The lowest BCUT2D eigenvalue weighted by Gasteiger charge is -2.26. The van der Waals surface area contributed by atoms with Crippen LogP contribution in [-0.4, -0.2) is 48.9 Å². The molecule has 4 nitrogen and oxygen atoms in total. The van der Waals surface area contributed by atoms with Crippen molar-refractivity contribution >= 4 is 11.6 Å². The van der Waals surface area contributed by atoms with Gasteiger partial charge in [-0.2, -0.15) is 0 Å². The van der Waals surface area contributed by atoms with E-state index in [1.54, 1.807) is 4.90 Å². The van der Waals surface area contributed by atoms with E-state index in [1.807, 2.05) is 32.2 Å². The Labute approximate surface area is 115 Å². The lowest BCUT2D eigenvalue weighted by Crippen LogP contribution is -2.39. The summed E-state index contributed by atoms with van der Waals surface area (Å²) < 4.78 is 0. The first-order chi connectivity index (χ1) is 8.99. The Morgan fingerprint density at radius 3 is 2.84 bits per heavy atom. The molecule has 0 aliphatic carbocycles. The van der Waals surface area contributed by atoms with E-state index in [2.05, 4.69) is 11.9 Å². The number of amides is 1. The van der Waals surface area contributed by atoms with E-state index in [-0.39, 0.29) is 5.91 Å². The maximum atomic E-state index is 12.4. The molecule has 2 rings (SSSR count). The van der Waals surface area contributed by atoms with Crippen LogP contribution in [0.5, 0.6) is 0 Å². The summed E-state index contributed by atoms with van der Waals surface area (Å²) in [5, 5.41) is 0. The molecule has 2 N–H and O–H groups in total. The molecule has 1 saturated heterocycles. The molecule has 4 heteroatoms. The highest BCUT2D eigenvalue weighted by molar-refractivity contribution is 5.99. The molecule has 0 saturated carbocycles. The van der Waals surface area contributed by atoms with Gasteiger partial charge in [0.2, 0.25) is 0 Å². The molecule has 1 heterocycles. The van der Waals surface area contributed by atoms with Crippen molar-refractivity contribution in [3.05, 3.63) is 29.3 Å². The second kappa shape index (κ2) is 5.61. The average molecular weight is 261 g/mol. The van der Waals surface area contributed by atoms with Crippen LogP contribution >= 0.6 is 0 Å². The third kappa shape index (κ3) is 3.07. The number of likely N-dealkylation sites (tertiary alicyclic amines) is 1. The second-order valence-electron chi connectivity index (χ2n) is 5.55. The first-order valence-corrected chi connectivity index (χ1v) is 6.81. The van der Waals surface area contributed by atoms with Crippen LogP contribution in [0.4, 0.5) is 5.69 Å². The molecule has 1 amide bonds. The van der Waals surface area contributed by atoms with Gasteiger partial charge in [-0.15, -0.1) is 0 Å². The van der Waals surface area contributed by atoms with Crippen LogP contribution in [-0.2, 0) is 0 Å². The topological polar surface area (TPSA) is 49.6 Å². The number of hydrogen-bond acceptors (Lipinski definition) is 3. The number of carbonyl (C=O) groups excluding carboxylic acids is 1. The molecule has 0 bridgehead atoms. The van der Waals surface area contributed by atoms with Crippen LogP contribution in [0.15, 0.2) is 18.2 Å². The number of hydrogen-bond donors (Lipinski definition) is 1. The van der Waals surface area contributed by atoms with Crippen molar-refractivity contribution in [2.75, 3.05) is 32.9 Å². The van der Waals surface area contributed by atoms with E-state index >= 15 is 0 Å². The molecule has 1 aromatic rings. The summed E-state index contributed by atoms with van der Waals surface area (Å²) in [6.45, 7) is 3.86. The maximum absolute atomic E-state index is 12.4. The second-order valence-corrected chi connectivity index (χ2v) is 5.55. The van der Waals surface area contributed by atoms with Crippen LogP contribution in [0, 0.1) is 6.92 Å². The summed E-state index contributed by atoms with van der Waals surface area (Å²) >= 11 is 0. The largest absolute Gasteiger partial charge is 0.398 e. The number of nitrogen functional groups attached to an aromatic ring is 1. The van der Waals surface area contributed by atoms with E-state index in [9.17, 15) is 4.79 Å². The molecule has 1 aliphatic rings. The Morgan fingerprint density at radius 1 is 1.53 bits per heavy atom. The molecule has 1 aliphatic heterocycles. The highest BCUT2D eigenvalue weighted by atomic mass is 16.2. The standard InChI is InChI=1S/C15H23N3O/c1-11-6-7-13(14(16)9-11)15(19)18(3)10-12-5-4-8-17(12)2/h6-7,9,12H,4-5,8,10,16H2,1-3H3. The van der Waals surface area contributed by atoms with Gasteiger partial charge in [0.25, 0.3) is 5.91 Å². The fraction of sp³-hybridized carbons (Fsp3) is 0.533. The third-order valence-electron chi connectivity index (χ3n) is 3.94. The fourth-order valence-electron chi connectivity index (χ4n) is 2.69. The first-order valence-electron chi connectivity index (χ1n) is 6.81. The van der Waals surface area contributed by atoms with Crippen molar-refractivity contribution in [1.29, 1.82) is 0 Å². The quantitative estimate of drug-likeness (QED) is 0.843. The summed E-state index contributed by atoms with van der Waals surface area (Å²) in [5.74, 6) is 0.0119. The zero-order chi connectivity index (χ0) is 14.0. The van der Waals surface area contributed by atoms with Gasteiger partial charge in [-0.25, -0.2) is 0 Å². The molecule has 1 atom stereocenters. The lowest BCUT2D eigenvalue weighted by molar-refractivity contribution is 0.0762. The van der Waals surface area contributed by atoms with Gasteiger partial charge in [-0.1, -0.05) is 6.07 Å². The van der Waals surface area contributed by atoms with E-state index < -0.39 is 0 Å². The van der Waals surface area contributed by atoms with Gasteiger partial charge in [0.05, 0.1) is 5.56 Å². The lowest BCUT2D eigenvalue weighted by atomic mass is 10.1. The van der Waals surface area contributed by atoms with Crippen molar-refractivity contribution in [2.45, 2.75) is 25.8 Å². The monoisotopic (exact) mass is 261 g/mol. The molecule has 19 heavy (non-hydrogen) atoms. The van der Waals surface area contributed by atoms with Crippen molar-refractivity contribution < 1.29 is 4.79 Å². The van der Waals surface area contributed by atoms with Crippen molar-refractivity contribution in [3.63, 3.8) is 0 Å². The van der Waals surface area contributed by atoms with Crippen LogP contribution in [0.25, 0.3) is 0 Å². The molecule has 0 radical (unpaired) electrons. The van der Waals surface area contributed by atoms with Crippen LogP contribution in [0.2, 0.25) is 0 Å². The average Bonchev–Trinajstić information content (AvgIpc) is 2.74. The van der Waals surface area contributed by atoms with Gasteiger partial charge in [0.15, 0.2) is 0 Å². The number of nitrogens with two attached hydrogens (primary N) is 1. The number of anilines is 1. The Morgan fingerprint density at radius 2 is 2.26 bits per heavy atom. The molecule has 1 fully saturated rings. The van der Waals surface area contributed by atoms with E-state index in [0.717, 1.165) is 25.1 Å². The number of nitrogens with zero attached hydrogens (tertiary/aromatic N) is 2. The Balaban J connectivity index is 2.06. The van der Waals surface area contributed by atoms with Gasteiger partial charge < -0.3 is 15.5 Å². The number of benzene rings is 1. The molecular formula is C15H23N3O. The summed E-state index contributed by atoms with van der Waals surface area (Å²) in [6, 6.07) is 6.07. The van der Waals surface area contributed by atoms with Gasteiger partial charge >= 0.3 is 0 Å². The van der Waals surface area contributed by atoms with Crippen molar-refractivity contribution in [3.8, 4) is 0 Å². The molecule has 104 valence electrons. The van der Waals surface area contributed by atoms with E-state index in [0.29, 0.717) is 17.3 Å². The predicted molar refractivity (Wildman–Crippen MR) is 78.2 cm³/mol. The number of rotatable bonds is 3. The highest BCUT2D eigenvalue weighted by Crippen LogP contribution is 2.19. The smallest absolute Gasteiger partial charge is 0.255 e. The summed E-state index contributed by atoms with van der Waals surface area (Å²) in [5.41, 5.74) is 8.19. The SMILES string of the molecule is Cc1ccc(C(=O)N(C)CC2CCCN2C)c(N)c1. The molecule has 0 aromatic heterocycles. The minimum absolute atomic E-state index is 0.0119. The molecular weight excluding hydrogens is 238 g/mol. The maximum Gasteiger partial charge on any atom is 0.255 e. The van der Waals surface area contributed by atoms with Gasteiger partial charge in [0, 0.05) is 25.3 Å². The third-order valence-corrected chi connectivity index (χ3v) is 3.94. The van der Waals surface area contributed by atoms with Crippen molar-refractivity contribution in [1.82, 2.24) is 9.80 Å². The molecule has 1 unspecified atom stereocenters. The zero-order valence-electron chi connectivity index (χ0n) is 12.0. The molecule has 1 aromatic carbocycles. The van der Waals surface area contributed by atoms with Crippen molar-refractivity contribution in [2.24, 2.45) is 0 Å². The van der Waals surface area contributed by atoms with Gasteiger partial charge in [-0.3, -0.25) is 4.79 Å². The number of aryl methyl sites for hydroxylation is 1. The van der Waals surface area contributed by atoms with E-state index in [1.165, 1.54) is 6.42 Å². The van der Waals surface area contributed by atoms with Crippen LogP contribution in [0.1, 0.15) is 28.8 Å². The van der Waals surface area contributed by atoms with Gasteiger partial charge in [-0.05, 0) is 51.1 Å². The molecule has 0 spiro atoms. The summed E-state index contributed by atoms with van der Waals surface area (Å²) in [4.78, 5) is 16.5. The minimum atomic E-state index is 0.0119. The van der Waals surface area contributed by atoms with E-state index in [4.69, 9.17) is 5.73 Å². The minimum Gasteiger partial charge on any atom is -0.398 e. The van der Waals surface area contributed by atoms with Crippen LogP contribution < -0.4 is 5.73 Å². The number of carbonyl (C=O) groups is 1. The summed E-state index contributed by atoms with van der Waals surface area (Å²) in [7, 11) is 3.98. The fourth-order valence-corrected chi connectivity index (χ4v) is 2.69.